The predicted octanol–water partition coefficient (Wildman–Crippen LogP) is 1.32. The highest BCUT2D eigenvalue weighted by molar-refractivity contribution is 5.80. The number of ether oxygens (including phenoxy) is 1. The van der Waals surface area contributed by atoms with Crippen molar-refractivity contribution in [1.29, 1.82) is 0 Å². The molecule has 118 valence electrons. The zero-order chi connectivity index (χ0) is 15.4. The molecule has 2 atom stereocenters. The van der Waals surface area contributed by atoms with Crippen LogP contribution >= 0.6 is 0 Å². The van der Waals surface area contributed by atoms with Gasteiger partial charge in [-0.25, -0.2) is 0 Å². The predicted molar refractivity (Wildman–Crippen MR) is 80.7 cm³/mol. The molecule has 0 aromatic carbocycles. The molecule has 0 unspecified atom stereocenters. The van der Waals surface area contributed by atoms with E-state index in [1.807, 2.05) is 16.9 Å². The summed E-state index contributed by atoms with van der Waals surface area (Å²) in [6.07, 6.45) is 4.90. The first kappa shape index (κ1) is 16.0. The van der Waals surface area contributed by atoms with Crippen molar-refractivity contribution in [2.75, 3.05) is 13.7 Å². The third-order valence-electron chi connectivity index (χ3n) is 4.37. The molecule has 2 N–H and O–H groups in total. The van der Waals surface area contributed by atoms with Gasteiger partial charge >= 0.3 is 0 Å². The number of rotatable bonds is 7. The van der Waals surface area contributed by atoms with Crippen molar-refractivity contribution in [3.05, 3.63) is 18.0 Å². The van der Waals surface area contributed by atoms with E-state index in [0.29, 0.717) is 19.0 Å². The van der Waals surface area contributed by atoms with Crippen molar-refractivity contribution >= 4 is 5.91 Å². The number of hydrogen-bond acceptors (Lipinski definition) is 4. The fourth-order valence-corrected chi connectivity index (χ4v) is 3.04. The highest BCUT2D eigenvalue weighted by Crippen LogP contribution is 2.22. The van der Waals surface area contributed by atoms with E-state index in [2.05, 4.69) is 23.8 Å². The molecule has 21 heavy (non-hydrogen) atoms. The summed E-state index contributed by atoms with van der Waals surface area (Å²) in [7, 11) is 1.67. The maximum atomic E-state index is 11.6. The minimum absolute atomic E-state index is 0.0728. The summed E-state index contributed by atoms with van der Waals surface area (Å²) < 4.78 is 7.39. The normalized spacial score (nSPS) is 23.0. The third-order valence-corrected chi connectivity index (χ3v) is 4.37. The first-order chi connectivity index (χ1) is 10.1. The average Bonchev–Trinajstić information content (AvgIpc) is 3.08. The van der Waals surface area contributed by atoms with Crippen LogP contribution in [0.2, 0.25) is 0 Å². The Balaban J connectivity index is 2.05. The molecule has 0 bridgehead atoms. The van der Waals surface area contributed by atoms with Crippen LogP contribution in [0.15, 0.2) is 12.3 Å². The standard InChI is InChI=1S/C15H26N4O2/c1-4-12(5-2)19-7-6-11(17-19)9-18-10-13(21-3)8-14(18)15(16)20/h6-7,12-14H,4-5,8-10H2,1-3H3,(H2,16,20)/t13-,14-/m0/s1. The lowest BCUT2D eigenvalue weighted by Crippen LogP contribution is -2.39. The molecule has 1 fully saturated rings. The lowest BCUT2D eigenvalue weighted by atomic mass is 10.2. The number of hydrogen-bond donors (Lipinski definition) is 1. The molecule has 0 spiro atoms. The Bertz CT molecular complexity index is 470. The number of amides is 1. The Morgan fingerprint density at radius 1 is 1.52 bits per heavy atom. The van der Waals surface area contributed by atoms with Crippen molar-refractivity contribution in [3.63, 3.8) is 0 Å². The van der Waals surface area contributed by atoms with Gasteiger partial charge in [-0.2, -0.15) is 5.10 Å². The Morgan fingerprint density at radius 3 is 2.81 bits per heavy atom. The van der Waals surface area contributed by atoms with Crippen molar-refractivity contribution in [3.8, 4) is 0 Å². The fourth-order valence-electron chi connectivity index (χ4n) is 3.04. The second-order valence-corrected chi connectivity index (χ2v) is 5.70. The van der Waals surface area contributed by atoms with E-state index >= 15 is 0 Å². The summed E-state index contributed by atoms with van der Waals surface area (Å²) in [6.45, 7) is 5.70. The van der Waals surface area contributed by atoms with Crippen LogP contribution in [0.25, 0.3) is 0 Å². The minimum atomic E-state index is -0.283. The van der Waals surface area contributed by atoms with Gasteiger partial charge in [0.25, 0.3) is 0 Å². The number of carbonyl (C=O) groups is 1. The van der Waals surface area contributed by atoms with Crippen LogP contribution < -0.4 is 5.73 Å². The van der Waals surface area contributed by atoms with Crippen LogP contribution in [0.1, 0.15) is 44.8 Å². The SMILES string of the molecule is CCC(CC)n1ccc(CN2C[C@@H](OC)C[C@H]2C(N)=O)n1. The lowest BCUT2D eigenvalue weighted by molar-refractivity contribution is -0.122. The van der Waals surface area contributed by atoms with Gasteiger partial charge < -0.3 is 10.5 Å². The number of nitrogens with zero attached hydrogens (tertiary/aromatic N) is 3. The monoisotopic (exact) mass is 294 g/mol. The highest BCUT2D eigenvalue weighted by Gasteiger charge is 2.35. The Hall–Kier alpha value is -1.40. The van der Waals surface area contributed by atoms with E-state index in [0.717, 1.165) is 25.1 Å². The molecule has 6 nitrogen and oxygen atoms in total. The highest BCUT2D eigenvalue weighted by atomic mass is 16.5. The smallest absolute Gasteiger partial charge is 0.234 e. The summed E-state index contributed by atoms with van der Waals surface area (Å²) >= 11 is 0. The van der Waals surface area contributed by atoms with Crippen LogP contribution in [-0.4, -0.2) is 46.4 Å². The molecular weight excluding hydrogens is 268 g/mol. The summed E-state index contributed by atoms with van der Waals surface area (Å²) in [5, 5.41) is 4.64. The van der Waals surface area contributed by atoms with Crippen LogP contribution in [0.5, 0.6) is 0 Å². The van der Waals surface area contributed by atoms with Gasteiger partial charge in [-0.05, 0) is 25.3 Å². The molecule has 2 rings (SSSR count). The maximum absolute atomic E-state index is 11.6. The summed E-state index contributed by atoms with van der Waals surface area (Å²) in [5.74, 6) is -0.283. The molecule has 1 aromatic rings. The van der Waals surface area contributed by atoms with Crippen LogP contribution in [0.4, 0.5) is 0 Å². The number of primary amides is 1. The summed E-state index contributed by atoms with van der Waals surface area (Å²) in [6, 6.07) is 2.21. The van der Waals surface area contributed by atoms with Gasteiger partial charge in [0.2, 0.25) is 5.91 Å². The van der Waals surface area contributed by atoms with Gasteiger partial charge in [-0.15, -0.1) is 0 Å². The second kappa shape index (κ2) is 7.04. The Kier molecular flexibility index (Phi) is 5.36. The zero-order valence-electron chi connectivity index (χ0n) is 13.2. The maximum Gasteiger partial charge on any atom is 0.234 e. The van der Waals surface area contributed by atoms with E-state index in [9.17, 15) is 4.79 Å². The molecule has 1 aliphatic heterocycles. The number of carbonyl (C=O) groups excluding carboxylic acids is 1. The molecule has 1 aliphatic rings. The average molecular weight is 294 g/mol. The first-order valence-corrected chi connectivity index (χ1v) is 7.69. The summed E-state index contributed by atoms with van der Waals surface area (Å²) in [4.78, 5) is 13.6. The molecule has 0 radical (unpaired) electrons. The Labute approximate surface area is 126 Å². The molecule has 1 aromatic heterocycles. The number of methoxy groups -OCH3 is 1. The zero-order valence-corrected chi connectivity index (χ0v) is 13.2. The Morgan fingerprint density at radius 2 is 2.24 bits per heavy atom. The first-order valence-electron chi connectivity index (χ1n) is 7.69. The van der Waals surface area contributed by atoms with Crippen LogP contribution in [0, 0.1) is 0 Å². The van der Waals surface area contributed by atoms with Crippen molar-refractivity contribution in [1.82, 2.24) is 14.7 Å². The van der Waals surface area contributed by atoms with Gasteiger partial charge in [0, 0.05) is 26.4 Å². The number of aromatic nitrogens is 2. The number of likely N-dealkylation sites (tertiary alicyclic amines) is 1. The molecule has 1 amide bonds. The van der Waals surface area contributed by atoms with Gasteiger partial charge in [-0.1, -0.05) is 13.8 Å². The van der Waals surface area contributed by atoms with Gasteiger partial charge in [0.1, 0.15) is 0 Å². The van der Waals surface area contributed by atoms with Gasteiger partial charge in [-0.3, -0.25) is 14.4 Å². The van der Waals surface area contributed by atoms with E-state index in [1.165, 1.54) is 0 Å². The topological polar surface area (TPSA) is 73.4 Å². The molecule has 6 heteroatoms. The summed E-state index contributed by atoms with van der Waals surface area (Å²) in [5.41, 5.74) is 6.47. The van der Waals surface area contributed by atoms with E-state index in [4.69, 9.17) is 10.5 Å². The molecular formula is C15H26N4O2. The molecule has 1 saturated heterocycles. The van der Waals surface area contributed by atoms with Crippen molar-refractivity contribution in [2.45, 2.75) is 57.8 Å². The lowest BCUT2D eigenvalue weighted by Gasteiger charge is -2.20. The van der Waals surface area contributed by atoms with Gasteiger partial charge in [0.05, 0.1) is 23.9 Å². The minimum Gasteiger partial charge on any atom is -0.380 e. The molecule has 0 saturated carbocycles. The largest absolute Gasteiger partial charge is 0.380 e. The van der Waals surface area contributed by atoms with Crippen molar-refractivity contribution < 1.29 is 9.53 Å². The second-order valence-electron chi connectivity index (χ2n) is 5.70. The van der Waals surface area contributed by atoms with E-state index in [1.54, 1.807) is 7.11 Å². The van der Waals surface area contributed by atoms with E-state index in [-0.39, 0.29) is 18.1 Å². The van der Waals surface area contributed by atoms with Crippen molar-refractivity contribution in [2.24, 2.45) is 5.73 Å². The van der Waals surface area contributed by atoms with E-state index < -0.39 is 0 Å². The van der Waals surface area contributed by atoms with Gasteiger partial charge in [0.15, 0.2) is 0 Å². The fraction of sp³-hybridized carbons (Fsp3) is 0.733. The van der Waals surface area contributed by atoms with Crippen LogP contribution in [0.3, 0.4) is 0 Å². The molecule has 2 heterocycles. The third kappa shape index (κ3) is 3.63. The quantitative estimate of drug-likeness (QED) is 0.823. The van der Waals surface area contributed by atoms with Crippen LogP contribution in [-0.2, 0) is 16.1 Å². The molecule has 0 aliphatic carbocycles. The number of nitrogens with two attached hydrogens (primary N) is 1.